The Labute approximate surface area is 146 Å². The molecule has 0 saturated carbocycles. The molecule has 0 saturated heterocycles. The Morgan fingerprint density at radius 2 is 1.96 bits per heavy atom. The minimum atomic E-state index is -0.553. The van der Waals surface area contributed by atoms with E-state index in [-0.39, 0.29) is 23.5 Å². The number of nitro groups is 1. The molecule has 2 rings (SSSR count). The smallest absolute Gasteiger partial charge is 0.373 e. The van der Waals surface area contributed by atoms with Gasteiger partial charge in [-0.2, -0.15) is 4.98 Å². The number of nitrogens with zero attached hydrogens (tertiary/aromatic N) is 3. The van der Waals surface area contributed by atoms with E-state index in [1.807, 2.05) is 0 Å². The maximum absolute atomic E-state index is 11.4. The van der Waals surface area contributed by atoms with Gasteiger partial charge in [0, 0.05) is 5.69 Å². The fourth-order valence-electron chi connectivity index (χ4n) is 2.03. The number of unbranched alkanes of at least 4 members (excludes halogenated alkanes) is 1. The second-order valence-corrected chi connectivity index (χ2v) is 5.65. The van der Waals surface area contributed by atoms with Crippen LogP contribution < -0.4 is 14.8 Å². The quantitative estimate of drug-likeness (QED) is 0.414. The van der Waals surface area contributed by atoms with E-state index >= 15 is 0 Å². The molecule has 2 aromatic rings. The van der Waals surface area contributed by atoms with E-state index in [4.69, 9.17) is 9.47 Å². The van der Waals surface area contributed by atoms with Gasteiger partial charge in [-0.25, -0.2) is 4.98 Å². The summed E-state index contributed by atoms with van der Waals surface area (Å²) in [6.45, 7) is 6.31. The van der Waals surface area contributed by atoms with Crippen molar-refractivity contribution < 1.29 is 14.4 Å². The van der Waals surface area contributed by atoms with Crippen LogP contribution in [0.3, 0.4) is 0 Å². The van der Waals surface area contributed by atoms with Crippen LogP contribution in [-0.2, 0) is 0 Å². The minimum absolute atomic E-state index is 0.0583. The van der Waals surface area contributed by atoms with E-state index in [1.54, 1.807) is 38.1 Å². The Morgan fingerprint density at radius 1 is 1.24 bits per heavy atom. The molecule has 134 valence electrons. The average Bonchev–Trinajstić information content (AvgIpc) is 2.56. The first-order valence-electron chi connectivity index (χ1n) is 8.17. The summed E-state index contributed by atoms with van der Waals surface area (Å²) in [6, 6.07) is 7.15. The number of aromatic nitrogens is 2. The molecule has 0 fully saturated rings. The van der Waals surface area contributed by atoms with E-state index in [1.165, 1.54) is 6.33 Å². The molecule has 8 heteroatoms. The van der Waals surface area contributed by atoms with Crippen molar-refractivity contribution in [2.75, 3.05) is 11.9 Å². The lowest BCUT2D eigenvalue weighted by molar-refractivity contribution is -0.385. The lowest BCUT2D eigenvalue weighted by Crippen LogP contribution is -2.10. The normalized spacial score (nSPS) is 10.6. The first-order chi connectivity index (χ1) is 12.0. The molecule has 1 aromatic carbocycles. The molecule has 0 atom stereocenters. The van der Waals surface area contributed by atoms with Crippen LogP contribution >= 0.6 is 0 Å². The molecule has 0 radical (unpaired) electrons. The van der Waals surface area contributed by atoms with Crippen LogP contribution in [-0.4, -0.2) is 27.6 Å². The number of anilines is 2. The SMILES string of the molecule is CCCCOc1ccc(Nc2ncnc(OC(C)C)c2[N+](=O)[O-])cc1. The summed E-state index contributed by atoms with van der Waals surface area (Å²) in [6.07, 6.45) is 3.06. The molecule has 0 amide bonds. The topological polar surface area (TPSA) is 99.4 Å². The van der Waals surface area contributed by atoms with E-state index in [0.29, 0.717) is 12.3 Å². The Kier molecular flexibility index (Phi) is 6.50. The van der Waals surface area contributed by atoms with Crippen molar-refractivity contribution in [2.24, 2.45) is 0 Å². The van der Waals surface area contributed by atoms with Crippen LogP contribution in [0.15, 0.2) is 30.6 Å². The van der Waals surface area contributed by atoms with Crippen molar-refractivity contribution in [3.8, 4) is 11.6 Å². The van der Waals surface area contributed by atoms with Gasteiger partial charge in [0.25, 0.3) is 5.88 Å². The molecular formula is C17H22N4O4. The number of rotatable bonds is 9. The third kappa shape index (κ3) is 5.30. The summed E-state index contributed by atoms with van der Waals surface area (Å²) in [7, 11) is 0. The van der Waals surface area contributed by atoms with E-state index in [9.17, 15) is 10.1 Å². The molecule has 0 spiro atoms. The highest BCUT2D eigenvalue weighted by Crippen LogP contribution is 2.33. The van der Waals surface area contributed by atoms with Gasteiger partial charge in [0.1, 0.15) is 12.1 Å². The van der Waals surface area contributed by atoms with Crippen LogP contribution in [0, 0.1) is 10.1 Å². The number of hydrogen-bond donors (Lipinski definition) is 1. The maximum Gasteiger partial charge on any atom is 0.373 e. The first kappa shape index (κ1) is 18.4. The summed E-state index contributed by atoms with van der Waals surface area (Å²) in [5, 5.41) is 14.3. The molecule has 8 nitrogen and oxygen atoms in total. The Bertz CT molecular complexity index is 704. The monoisotopic (exact) mass is 346 g/mol. The van der Waals surface area contributed by atoms with Crippen molar-refractivity contribution in [3.63, 3.8) is 0 Å². The largest absolute Gasteiger partial charge is 0.494 e. The zero-order valence-corrected chi connectivity index (χ0v) is 14.6. The van der Waals surface area contributed by atoms with Crippen molar-refractivity contribution in [2.45, 2.75) is 39.7 Å². The summed E-state index contributed by atoms with van der Waals surface area (Å²) in [5.74, 6) is 0.771. The highest BCUT2D eigenvalue weighted by Gasteiger charge is 2.25. The van der Waals surface area contributed by atoms with Gasteiger partial charge < -0.3 is 14.8 Å². The summed E-state index contributed by atoms with van der Waals surface area (Å²) >= 11 is 0. The number of nitrogens with one attached hydrogen (secondary N) is 1. The third-order valence-electron chi connectivity index (χ3n) is 3.20. The van der Waals surface area contributed by atoms with Crippen molar-refractivity contribution in [3.05, 3.63) is 40.7 Å². The number of hydrogen-bond acceptors (Lipinski definition) is 7. The van der Waals surface area contributed by atoms with Gasteiger partial charge in [-0.1, -0.05) is 13.3 Å². The van der Waals surface area contributed by atoms with Gasteiger partial charge in [-0.15, -0.1) is 0 Å². The zero-order chi connectivity index (χ0) is 18.2. The Morgan fingerprint density at radius 3 is 2.56 bits per heavy atom. The highest BCUT2D eigenvalue weighted by molar-refractivity contribution is 5.68. The molecule has 1 aromatic heterocycles. The molecule has 0 bridgehead atoms. The summed E-state index contributed by atoms with van der Waals surface area (Å²) in [4.78, 5) is 18.7. The molecule has 1 N–H and O–H groups in total. The predicted molar refractivity (Wildman–Crippen MR) is 94.6 cm³/mol. The van der Waals surface area contributed by atoms with Crippen LogP contribution in [0.4, 0.5) is 17.2 Å². The van der Waals surface area contributed by atoms with Crippen LogP contribution in [0.25, 0.3) is 0 Å². The molecule has 0 aliphatic rings. The van der Waals surface area contributed by atoms with Crippen molar-refractivity contribution in [1.29, 1.82) is 0 Å². The maximum atomic E-state index is 11.4. The highest BCUT2D eigenvalue weighted by atomic mass is 16.6. The number of ether oxygens (including phenoxy) is 2. The third-order valence-corrected chi connectivity index (χ3v) is 3.20. The lowest BCUT2D eigenvalue weighted by Gasteiger charge is -2.12. The van der Waals surface area contributed by atoms with Gasteiger partial charge in [0.15, 0.2) is 0 Å². The standard InChI is InChI=1S/C17H22N4O4/c1-4-5-10-24-14-8-6-13(7-9-14)20-16-15(21(22)23)17(19-11-18-16)25-12(2)3/h6-9,11-12H,4-5,10H2,1-3H3,(H,18,19,20). The molecule has 0 unspecified atom stereocenters. The van der Waals surface area contributed by atoms with Crippen molar-refractivity contribution >= 4 is 17.2 Å². The zero-order valence-electron chi connectivity index (χ0n) is 14.6. The predicted octanol–water partition coefficient (Wildman–Crippen LogP) is 4.09. The van der Waals surface area contributed by atoms with E-state index < -0.39 is 4.92 Å². The molecule has 1 heterocycles. The van der Waals surface area contributed by atoms with Gasteiger partial charge in [0.2, 0.25) is 5.82 Å². The van der Waals surface area contributed by atoms with E-state index in [0.717, 1.165) is 18.6 Å². The van der Waals surface area contributed by atoms with Crippen LogP contribution in [0.1, 0.15) is 33.6 Å². The van der Waals surface area contributed by atoms with Gasteiger partial charge >= 0.3 is 5.69 Å². The Balaban J connectivity index is 2.17. The summed E-state index contributed by atoms with van der Waals surface area (Å²) in [5.41, 5.74) is 0.361. The molecular weight excluding hydrogens is 324 g/mol. The molecule has 0 aliphatic heterocycles. The van der Waals surface area contributed by atoms with E-state index in [2.05, 4.69) is 22.2 Å². The second kappa shape index (κ2) is 8.81. The van der Waals surface area contributed by atoms with Crippen molar-refractivity contribution in [1.82, 2.24) is 9.97 Å². The van der Waals surface area contributed by atoms with Gasteiger partial charge in [-0.3, -0.25) is 10.1 Å². The summed E-state index contributed by atoms with van der Waals surface area (Å²) < 4.78 is 11.0. The Hall–Kier alpha value is -2.90. The van der Waals surface area contributed by atoms with Gasteiger partial charge in [0.05, 0.1) is 17.6 Å². The van der Waals surface area contributed by atoms with Crippen LogP contribution in [0.5, 0.6) is 11.6 Å². The molecule has 0 aliphatic carbocycles. The van der Waals surface area contributed by atoms with Crippen LogP contribution in [0.2, 0.25) is 0 Å². The second-order valence-electron chi connectivity index (χ2n) is 5.65. The molecule has 25 heavy (non-hydrogen) atoms. The lowest BCUT2D eigenvalue weighted by atomic mass is 10.3. The van der Waals surface area contributed by atoms with Gasteiger partial charge in [-0.05, 0) is 44.5 Å². The fourth-order valence-corrected chi connectivity index (χ4v) is 2.03. The fraction of sp³-hybridized carbons (Fsp3) is 0.412. The average molecular weight is 346 g/mol. The minimum Gasteiger partial charge on any atom is -0.494 e. The first-order valence-corrected chi connectivity index (χ1v) is 8.17. The number of benzene rings is 1.